The van der Waals surface area contributed by atoms with Crippen molar-refractivity contribution in [3.8, 4) is 0 Å². The van der Waals surface area contributed by atoms with E-state index in [2.05, 4.69) is 0 Å². The number of hydrogen-bond donors (Lipinski definition) is 0. The third kappa shape index (κ3) is 2.65. The average Bonchev–Trinajstić information content (AvgIpc) is 3.10. The van der Waals surface area contributed by atoms with E-state index in [0.29, 0.717) is 11.8 Å². The van der Waals surface area contributed by atoms with E-state index in [1.807, 2.05) is 17.0 Å². The third-order valence-electron chi connectivity index (χ3n) is 4.55. The molecular weight excluding hydrogens is 241 g/mol. The number of carbonyl (C=O) groups is 1. The predicted octanol–water partition coefficient (Wildman–Crippen LogP) is 3.33. The summed E-state index contributed by atoms with van der Waals surface area (Å²) in [5.41, 5.74) is 1.16. The van der Waals surface area contributed by atoms with Gasteiger partial charge >= 0.3 is 0 Å². The number of halogens is 1. The number of rotatable bonds is 2. The Morgan fingerprint density at radius 2 is 1.79 bits per heavy atom. The Labute approximate surface area is 113 Å². The van der Waals surface area contributed by atoms with Crippen molar-refractivity contribution in [2.45, 2.75) is 38.0 Å². The van der Waals surface area contributed by atoms with Crippen molar-refractivity contribution in [1.82, 2.24) is 4.90 Å². The molecule has 0 radical (unpaired) electrons. The lowest BCUT2D eigenvalue weighted by atomic mass is 9.98. The van der Waals surface area contributed by atoms with Crippen molar-refractivity contribution >= 4 is 5.91 Å². The van der Waals surface area contributed by atoms with Crippen molar-refractivity contribution < 1.29 is 9.18 Å². The van der Waals surface area contributed by atoms with Crippen LogP contribution in [0.1, 0.15) is 43.6 Å². The van der Waals surface area contributed by atoms with Crippen molar-refractivity contribution in [3.63, 3.8) is 0 Å². The number of hydrogen-bond acceptors (Lipinski definition) is 1. The van der Waals surface area contributed by atoms with Gasteiger partial charge in [0.05, 0.1) is 0 Å². The Balaban J connectivity index is 1.63. The number of likely N-dealkylation sites (tertiary alicyclic amines) is 1. The summed E-state index contributed by atoms with van der Waals surface area (Å²) in [6, 6.07) is 6.72. The van der Waals surface area contributed by atoms with Gasteiger partial charge in [0.15, 0.2) is 0 Å². The quantitative estimate of drug-likeness (QED) is 0.799. The molecule has 3 rings (SSSR count). The standard InChI is InChI=1S/C16H20FNO/c17-15-7-5-12(6-8-15)14-9-10-18(11-14)16(19)13-3-1-2-4-13/h5-8,13-14H,1-4,9-11H2. The maximum Gasteiger partial charge on any atom is 0.225 e. The second-order valence-electron chi connectivity index (χ2n) is 5.80. The minimum Gasteiger partial charge on any atom is -0.342 e. The second kappa shape index (κ2) is 5.32. The fourth-order valence-electron chi connectivity index (χ4n) is 3.40. The third-order valence-corrected chi connectivity index (χ3v) is 4.55. The van der Waals surface area contributed by atoms with Gasteiger partial charge in [0.25, 0.3) is 0 Å². The van der Waals surface area contributed by atoms with Gasteiger partial charge < -0.3 is 4.90 Å². The molecule has 1 saturated heterocycles. The molecule has 1 aromatic carbocycles. The molecule has 1 aliphatic heterocycles. The maximum atomic E-state index is 12.9. The Bertz CT molecular complexity index is 450. The SMILES string of the molecule is O=C(C1CCCC1)N1CCC(c2ccc(F)cc2)C1. The lowest BCUT2D eigenvalue weighted by molar-refractivity contribution is -0.134. The van der Waals surface area contributed by atoms with Crippen LogP contribution in [0.15, 0.2) is 24.3 Å². The van der Waals surface area contributed by atoms with Crippen molar-refractivity contribution in [1.29, 1.82) is 0 Å². The molecule has 2 nitrogen and oxygen atoms in total. The molecule has 3 heteroatoms. The molecular formula is C16H20FNO. The lowest BCUT2D eigenvalue weighted by Crippen LogP contribution is -2.33. The molecule has 2 fully saturated rings. The minimum atomic E-state index is -0.194. The van der Waals surface area contributed by atoms with Gasteiger partial charge in [-0.1, -0.05) is 25.0 Å². The van der Waals surface area contributed by atoms with E-state index in [1.54, 1.807) is 0 Å². The Kier molecular flexibility index (Phi) is 3.54. The van der Waals surface area contributed by atoms with Crippen LogP contribution in [0.5, 0.6) is 0 Å². The minimum absolute atomic E-state index is 0.194. The molecule has 1 aliphatic carbocycles. The normalized spacial score (nSPS) is 24.1. The van der Waals surface area contributed by atoms with E-state index in [4.69, 9.17) is 0 Å². The van der Waals surface area contributed by atoms with Gasteiger partial charge in [0.1, 0.15) is 5.82 Å². The second-order valence-corrected chi connectivity index (χ2v) is 5.80. The van der Waals surface area contributed by atoms with E-state index < -0.39 is 0 Å². The van der Waals surface area contributed by atoms with Crippen LogP contribution in [0.25, 0.3) is 0 Å². The summed E-state index contributed by atoms with van der Waals surface area (Å²) in [5.74, 6) is 0.806. The van der Waals surface area contributed by atoms with E-state index in [-0.39, 0.29) is 11.7 Å². The molecule has 0 spiro atoms. The van der Waals surface area contributed by atoms with Gasteiger partial charge in [-0.3, -0.25) is 4.79 Å². The van der Waals surface area contributed by atoms with E-state index in [1.165, 1.54) is 25.0 Å². The zero-order chi connectivity index (χ0) is 13.2. The van der Waals surface area contributed by atoms with Crippen LogP contribution in [-0.4, -0.2) is 23.9 Å². The highest BCUT2D eigenvalue weighted by molar-refractivity contribution is 5.79. The molecule has 1 amide bonds. The summed E-state index contributed by atoms with van der Waals surface area (Å²) in [6.07, 6.45) is 5.54. The number of carbonyl (C=O) groups excluding carboxylic acids is 1. The number of benzene rings is 1. The maximum absolute atomic E-state index is 12.9. The van der Waals surface area contributed by atoms with Gasteiger partial charge in [-0.25, -0.2) is 4.39 Å². The molecule has 0 bridgehead atoms. The van der Waals surface area contributed by atoms with Crippen molar-refractivity contribution in [2.24, 2.45) is 5.92 Å². The Morgan fingerprint density at radius 3 is 2.47 bits per heavy atom. The predicted molar refractivity (Wildman–Crippen MR) is 72.3 cm³/mol. The van der Waals surface area contributed by atoms with Gasteiger partial charge in [-0.15, -0.1) is 0 Å². The zero-order valence-corrected chi connectivity index (χ0v) is 11.1. The molecule has 1 heterocycles. The highest BCUT2D eigenvalue weighted by Crippen LogP contribution is 2.32. The smallest absolute Gasteiger partial charge is 0.225 e. The monoisotopic (exact) mass is 261 g/mol. The van der Waals surface area contributed by atoms with E-state index in [0.717, 1.165) is 37.9 Å². The largest absolute Gasteiger partial charge is 0.342 e. The summed E-state index contributed by atoms with van der Waals surface area (Å²) in [4.78, 5) is 14.4. The fraction of sp³-hybridized carbons (Fsp3) is 0.562. The summed E-state index contributed by atoms with van der Waals surface area (Å²) in [7, 11) is 0. The van der Waals surface area contributed by atoms with Crippen LogP contribution < -0.4 is 0 Å². The molecule has 0 N–H and O–H groups in total. The first kappa shape index (κ1) is 12.6. The fourth-order valence-corrected chi connectivity index (χ4v) is 3.40. The van der Waals surface area contributed by atoms with Crippen molar-refractivity contribution in [2.75, 3.05) is 13.1 Å². The zero-order valence-electron chi connectivity index (χ0n) is 11.1. The van der Waals surface area contributed by atoms with Crippen LogP contribution in [0, 0.1) is 11.7 Å². The van der Waals surface area contributed by atoms with Gasteiger partial charge in [0, 0.05) is 24.9 Å². The summed E-state index contributed by atoms with van der Waals surface area (Å²) >= 11 is 0. The summed E-state index contributed by atoms with van der Waals surface area (Å²) in [5, 5.41) is 0. The summed E-state index contributed by atoms with van der Waals surface area (Å²) < 4.78 is 12.9. The van der Waals surface area contributed by atoms with Crippen LogP contribution in [0.2, 0.25) is 0 Å². The lowest BCUT2D eigenvalue weighted by Gasteiger charge is -2.20. The summed E-state index contributed by atoms with van der Waals surface area (Å²) in [6.45, 7) is 1.67. The molecule has 1 unspecified atom stereocenters. The molecule has 1 atom stereocenters. The van der Waals surface area contributed by atoms with E-state index >= 15 is 0 Å². The first-order valence-electron chi connectivity index (χ1n) is 7.28. The van der Waals surface area contributed by atoms with Crippen LogP contribution in [0.4, 0.5) is 4.39 Å². The highest BCUT2D eigenvalue weighted by atomic mass is 19.1. The molecule has 19 heavy (non-hydrogen) atoms. The number of nitrogens with zero attached hydrogens (tertiary/aromatic N) is 1. The van der Waals surface area contributed by atoms with Crippen molar-refractivity contribution in [3.05, 3.63) is 35.6 Å². The van der Waals surface area contributed by atoms with Crippen LogP contribution in [0.3, 0.4) is 0 Å². The van der Waals surface area contributed by atoms with Gasteiger partial charge in [-0.2, -0.15) is 0 Å². The van der Waals surface area contributed by atoms with Gasteiger partial charge in [0.2, 0.25) is 5.91 Å². The topological polar surface area (TPSA) is 20.3 Å². The van der Waals surface area contributed by atoms with E-state index in [9.17, 15) is 9.18 Å². The first-order chi connectivity index (χ1) is 9.24. The van der Waals surface area contributed by atoms with Crippen LogP contribution >= 0.6 is 0 Å². The first-order valence-corrected chi connectivity index (χ1v) is 7.28. The molecule has 0 aromatic heterocycles. The highest BCUT2D eigenvalue weighted by Gasteiger charge is 2.32. The molecule has 102 valence electrons. The Morgan fingerprint density at radius 1 is 1.11 bits per heavy atom. The molecule has 1 saturated carbocycles. The molecule has 2 aliphatic rings. The average molecular weight is 261 g/mol. The molecule has 1 aromatic rings. The Hall–Kier alpha value is -1.38. The van der Waals surface area contributed by atoms with Gasteiger partial charge in [-0.05, 0) is 37.0 Å². The van der Waals surface area contributed by atoms with Crippen LogP contribution in [-0.2, 0) is 4.79 Å². The number of amides is 1.